The quantitative estimate of drug-likeness (QED) is 0.891. The first-order chi connectivity index (χ1) is 10.1. The number of amides is 2. The number of rotatable bonds is 2. The van der Waals surface area contributed by atoms with E-state index in [9.17, 15) is 9.59 Å². The van der Waals surface area contributed by atoms with Gasteiger partial charge in [0.25, 0.3) is 0 Å². The summed E-state index contributed by atoms with van der Waals surface area (Å²) in [6.07, 6.45) is 0.330. The van der Waals surface area contributed by atoms with E-state index in [0.717, 1.165) is 23.8 Å². The van der Waals surface area contributed by atoms with Gasteiger partial charge in [-0.25, -0.2) is 0 Å². The fourth-order valence-electron chi connectivity index (χ4n) is 2.87. The van der Waals surface area contributed by atoms with Crippen LogP contribution in [-0.4, -0.2) is 49.4 Å². The summed E-state index contributed by atoms with van der Waals surface area (Å²) in [4.78, 5) is 27.7. The van der Waals surface area contributed by atoms with Crippen molar-refractivity contribution in [1.29, 1.82) is 0 Å². The third kappa shape index (κ3) is 3.13. The molecule has 21 heavy (non-hydrogen) atoms. The summed E-state index contributed by atoms with van der Waals surface area (Å²) in [5, 5.41) is 3.45. The summed E-state index contributed by atoms with van der Waals surface area (Å²) in [6, 6.07) is 7.76. The van der Waals surface area contributed by atoms with Gasteiger partial charge in [-0.3, -0.25) is 9.59 Å². The molecule has 1 aromatic rings. The van der Waals surface area contributed by atoms with Crippen molar-refractivity contribution in [2.45, 2.75) is 6.42 Å². The number of benzene rings is 1. The van der Waals surface area contributed by atoms with E-state index in [1.54, 1.807) is 0 Å². The number of hydrogen-bond donors (Lipinski definition) is 1. The van der Waals surface area contributed by atoms with E-state index in [1.165, 1.54) is 0 Å². The lowest BCUT2D eigenvalue weighted by Gasteiger charge is -2.37. The van der Waals surface area contributed by atoms with E-state index in [-0.39, 0.29) is 17.7 Å². The van der Waals surface area contributed by atoms with Gasteiger partial charge in [0.15, 0.2) is 0 Å². The fraction of sp³-hybridized carbons (Fsp3) is 0.467. The average molecular weight is 308 g/mol. The zero-order valence-corrected chi connectivity index (χ0v) is 12.5. The van der Waals surface area contributed by atoms with Gasteiger partial charge in [-0.1, -0.05) is 11.6 Å². The summed E-state index contributed by atoms with van der Waals surface area (Å²) in [7, 11) is 0. The van der Waals surface area contributed by atoms with Gasteiger partial charge in [0.1, 0.15) is 0 Å². The highest BCUT2D eigenvalue weighted by molar-refractivity contribution is 6.30. The summed E-state index contributed by atoms with van der Waals surface area (Å²) in [5.41, 5.74) is 1.13. The molecule has 3 rings (SSSR count). The van der Waals surface area contributed by atoms with Gasteiger partial charge in [-0.05, 0) is 24.3 Å². The van der Waals surface area contributed by atoms with Crippen LogP contribution in [0.5, 0.6) is 0 Å². The van der Waals surface area contributed by atoms with Crippen molar-refractivity contribution in [3.05, 3.63) is 29.3 Å². The molecule has 2 aliphatic rings. The summed E-state index contributed by atoms with van der Waals surface area (Å²) < 4.78 is 0. The lowest BCUT2D eigenvalue weighted by atomic mass is 10.1. The van der Waals surface area contributed by atoms with Crippen LogP contribution in [0.3, 0.4) is 0 Å². The minimum Gasteiger partial charge on any atom is -0.368 e. The summed E-state index contributed by atoms with van der Waals surface area (Å²) >= 11 is 5.89. The number of halogens is 1. The Morgan fingerprint density at radius 3 is 2.38 bits per heavy atom. The van der Waals surface area contributed by atoms with Gasteiger partial charge in [0.2, 0.25) is 11.8 Å². The zero-order chi connectivity index (χ0) is 14.8. The Balaban J connectivity index is 1.56. The molecular formula is C15H18ClN3O2. The van der Waals surface area contributed by atoms with Crippen molar-refractivity contribution in [2.24, 2.45) is 5.92 Å². The van der Waals surface area contributed by atoms with Crippen LogP contribution in [0.25, 0.3) is 0 Å². The zero-order valence-electron chi connectivity index (χ0n) is 11.7. The first-order valence-corrected chi connectivity index (χ1v) is 7.57. The molecule has 2 saturated heterocycles. The maximum absolute atomic E-state index is 12.3. The van der Waals surface area contributed by atoms with E-state index in [2.05, 4.69) is 10.2 Å². The van der Waals surface area contributed by atoms with Crippen LogP contribution in [0.2, 0.25) is 5.02 Å². The lowest BCUT2D eigenvalue weighted by molar-refractivity contribution is -0.136. The highest BCUT2D eigenvalue weighted by Gasteiger charge is 2.32. The minimum absolute atomic E-state index is 0.0202. The predicted octanol–water partition coefficient (Wildman–Crippen LogP) is 1.12. The van der Waals surface area contributed by atoms with E-state index < -0.39 is 0 Å². The first-order valence-electron chi connectivity index (χ1n) is 7.19. The molecule has 112 valence electrons. The standard InChI is InChI=1S/C15H18ClN3O2/c16-12-1-3-13(4-2-12)18-5-7-19(8-6-18)15(21)11-9-14(20)17-10-11/h1-4,11H,5-10H2,(H,17,20). The largest absolute Gasteiger partial charge is 0.368 e. The molecule has 1 atom stereocenters. The second-order valence-corrected chi connectivity index (χ2v) is 5.93. The molecule has 1 aromatic carbocycles. The molecular weight excluding hydrogens is 290 g/mol. The van der Waals surface area contributed by atoms with Crippen molar-refractivity contribution in [3.8, 4) is 0 Å². The van der Waals surface area contributed by atoms with Crippen LogP contribution in [0, 0.1) is 5.92 Å². The number of anilines is 1. The number of carbonyl (C=O) groups excluding carboxylic acids is 2. The fourth-order valence-corrected chi connectivity index (χ4v) is 3.00. The van der Waals surface area contributed by atoms with Crippen LogP contribution in [0.15, 0.2) is 24.3 Å². The molecule has 2 amide bonds. The van der Waals surface area contributed by atoms with Gasteiger partial charge >= 0.3 is 0 Å². The van der Waals surface area contributed by atoms with Gasteiger partial charge < -0.3 is 15.1 Å². The molecule has 0 bridgehead atoms. The highest BCUT2D eigenvalue weighted by atomic mass is 35.5. The number of carbonyl (C=O) groups is 2. The van der Waals surface area contributed by atoms with Crippen LogP contribution in [0.1, 0.15) is 6.42 Å². The molecule has 2 fully saturated rings. The third-order valence-electron chi connectivity index (χ3n) is 4.11. The maximum Gasteiger partial charge on any atom is 0.228 e. The van der Waals surface area contributed by atoms with E-state index >= 15 is 0 Å². The van der Waals surface area contributed by atoms with Crippen molar-refractivity contribution >= 4 is 29.1 Å². The highest BCUT2D eigenvalue weighted by Crippen LogP contribution is 2.20. The summed E-state index contributed by atoms with van der Waals surface area (Å²) in [5.74, 6) is -0.100. The molecule has 0 aromatic heterocycles. The van der Waals surface area contributed by atoms with Crippen LogP contribution < -0.4 is 10.2 Å². The molecule has 2 heterocycles. The third-order valence-corrected chi connectivity index (χ3v) is 4.36. The second-order valence-electron chi connectivity index (χ2n) is 5.49. The number of nitrogens with one attached hydrogen (secondary N) is 1. The molecule has 0 aliphatic carbocycles. The topological polar surface area (TPSA) is 52.7 Å². The Morgan fingerprint density at radius 2 is 1.81 bits per heavy atom. The minimum atomic E-state index is -0.181. The Hall–Kier alpha value is -1.75. The van der Waals surface area contributed by atoms with Crippen LogP contribution in [-0.2, 0) is 9.59 Å². The molecule has 6 heteroatoms. The van der Waals surface area contributed by atoms with Crippen molar-refractivity contribution < 1.29 is 9.59 Å². The Bertz CT molecular complexity index is 538. The Kier molecular flexibility index (Phi) is 4.01. The van der Waals surface area contributed by atoms with Crippen LogP contribution in [0.4, 0.5) is 5.69 Å². The lowest BCUT2D eigenvalue weighted by Crippen LogP contribution is -2.50. The number of nitrogens with zero attached hydrogens (tertiary/aromatic N) is 2. The van der Waals surface area contributed by atoms with E-state index in [4.69, 9.17) is 11.6 Å². The summed E-state index contributed by atoms with van der Waals surface area (Å²) in [6.45, 7) is 3.50. The first kappa shape index (κ1) is 14.2. The Morgan fingerprint density at radius 1 is 1.14 bits per heavy atom. The molecule has 1 unspecified atom stereocenters. The predicted molar refractivity (Wildman–Crippen MR) is 81.4 cm³/mol. The smallest absolute Gasteiger partial charge is 0.228 e. The van der Waals surface area contributed by atoms with Gasteiger partial charge in [-0.2, -0.15) is 0 Å². The number of hydrogen-bond acceptors (Lipinski definition) is 3. The monoisotopic (exact) mass is 307 g/mol. The Labute approximate surface area is 128 Å². The van der Waals surface area contributed by atoms with Crippen LogP contribution >= 0.6 is 11.6 Å². The van der Waals surface area contributed by atoms with E-state index in [0.29, 0.717) is 26.1 Å². The van der Waals surface area contributed by atoms with Gasteiger partial charge in [-0.15, -0.1) is 0 Å². The molecule has 1 N–H and O–H groups in total. The molecule has 0 saturated carbocycles. The van der Waals surface area contributed by atoms with Crippen molar-refractivity contribution in [2.75, 3.05) is 37.6 Å². The SMILES string of the molecule is O=C1CC(C(=O)N2CCN(c3ccc(Cl)cc3)CC2)CN1. The van der Waals surface area contributed by atoms with Gasteiger partial charge in [0.05, 0.1) is 5.92 Å². The molecule has 2 aliphatic heterocycles. The second kappa shape index (κ2) is 5.93. The number of piperazine rings is 1. The van der Waals surface area contributed by atoms with Gasteiger partial charge in [0, 0.05) is 49.9 Å². The van der Waals surface area contributed by atoms with E-state index in [1.807, 2.05) is 29.2 Å². The normalized spacial score (nSPS) is 22.3. The van der Waals surface area contributed by atoms with Crippen molar-refractivity contribution in [1.82, 2.24) is 10.2 Å². The maximum atomic E-state index is 12.3. The average Bonchev–Trinajstić information content (AvgIpc) is 2.94. The van der Waals surface area contributed by atoms with Crippen molar-refractivity contribution in [3.63, 3.8) is 0 Å². The molecule has 5 nitrogen and oxygen atoms in total. The molecule has 0 spiro atoms. The molecule has 0 radical (unpaired) electrons.